The molecule has 2 unspecified atom stereocenters. The summed E-state index contributed by atoms with van der Waals surface area (Å²) in [5.74, 6) is -0.854. The van der Waals surface area contributed by atoms with Gasteiger partial charge in [0, 0.05) is 30.0 Å². The fraction of sp³-hybridized carbons (Fsp3) is 0.381. The highest BCUT2D eigenvalue weighted by Crippen LogP contribution is 2.36. The molecule has 1 fully saturated rings. The number of halogens is 3. The minimum absolute atomic E-state index is 0.000493. The molecule has 2 aromatic rings. The maximum atomic E-state index is 12.9. The highest BCUT2D eigenvalue weighted by atomic mass is 19.4. The SMILES string of the molecule is CC1CC(N(c2ccccc2)c2ccc(C(F)(F)F)cc2)CCN1CC(=O)O. The highest BCUT2D eigenvalue weighted by molar-refractivity contribution is 5.69. The second kappa shape index (κ2) is 8.22. The van der Waals surface area contributed by atoms with E-state index in [1.165, 1.54) is 12.1 Å². The summed E-state index contributed by atoms with van der Waals surface area (Å²) in [5, 5.41) is 9.06. The van der Waals surface area contributed by atoms with Crippen molar-refractivity contribution in [3.63, 3.8) is 0 Å². The number of benzene rings is 2. The highest BCUT2D eigenvalue weighted by Gasteiger charge is 2.33. The number of carboxylic acid groups (broad SMARTS) is 1. The summed E-state index contributed by atoms with van der Waals surface area (Å²) in [7, 11) is 0. The zero-order chi connectivity index (χ0) is 20.3. The number of anilines is 2. The van der Waals surface area contributed by atoms with Crippen LogP contribution in [0.1, 0.15) is 25.3 Å². The average Bonchev–Trinajstić information content (AvgIpc) is 2.64. The van der Waals surface area contributed by atoms with Crippen LogP contribution in [0.3, 0.4) is 0 Å². The van der Waals surface area contributed by atoms with Crippen molar-refractivity contribution in [3.8, 4) is 0 Å². The minimum Gasteiger partial charge on any atom is -0.480 e. The van der Waals surface area contributed by atoms with E-state index >= 15 is 0 Å². The molecule has 1 aliphatic rings. The molecular weight excluding hydrogens is 369 g/mol. The Balaban J connectivity index is 1.88. The molecule has 0 aromatic heterocycles. The predicted octanol–water partition coefficient (Wildman–Crippen LogP) is 4.78. The fourth-order valence-corrected chi connectivity index (χ4v) is 3.81. The van der Waals surface area contributed by atoms with Crippen LogP contribution in [0.4, 0.5) is 24.5 Å². The zero-order valence-corrected chi connectivity index (χ0v) is 15.6. The van der Waals surface area contributed by atoms with E-state index in [-0.39, 0.29) is 18.6 Å². The number of carboxylic acids is 1. The number of likely N-dealkylation sites (tertiary alicyclic amines) is 1. The topological polar surface area (TPSA) is 43.8 Å². The van der Waals surface area contributed by atoms with Gasteiger partial charge in [-0.2, -0.15) is 13.2 Å². The summed E-state index contributed by atoms with van der Waals surface area (Å²) in [5.41, 5.74) is 0.933. The van der Waals surface area contributed by atoms with Gasteiger partial charge >= 0.3 is 12.1 Å². The van der Waals surface area contributed by atoms with Gasteiger partial charge in [-0.05, 0) is 56.2 Å². The Bertz CT molecular complexity index is 794. The molecule has 1 N–H and O–H groups in total. The van der Waals surface area contributed by atoms with Gasteiger partial charge in [0.1, 0.15) is 0 Å². The van der Waals surface area contributed by atoms with E-state index in [1.807, 2.05) is 42.2 Å². The summed E-state index contributed by atoms with van der Waals surface area (Å²) in [6.45, 7) is 2.62. The van der Waals surface area contributed by atoms with Crippen LogP contribution in [0, 0.1) is 0 Å². The maximum absolute atomic E-state index is 12.9. The van der Waals surface area contributed by atoms with E-state index in [0.717, 1.165) is 30.7 Å². The van der Waals surface area contributed by atoms with Gasteiger partial charge in [-0.25, -0.2) is 0 Å². The van der Waals surface area contributed by atoms with E-state index in [9.17, 15) is 18.0 Å². The third kappa shape index (κ3) is 4.65. The van der Waals surface area contributed by atoms with Gasteiger partial charge in [-0.3, -0.25) is 9.69 Å². The Morgan fingerprint density at radius 1 is 1.11 bits per heavy atom. The number of nitrogens with zero attached hydrogens (tertiary/aromatic N) is 2. The van der Waals surface area contributed by atoms with Crippen molar-refractivity contribution in [1.29, 1.82) is 0 Å². The first kappa shape index (κ1) is 20.2. The molecule has 0 aliphatic carbocycles. The van der Waals surface area contributed by atoms with Gasteiger partial charge in [0.25, 0.3) is 0 Å². The van der Waals surface area contributed by atoms with Gasteiger partial charge in [-0.15, -0.1) is 0 Å². The fourth-order valence-electron chi connectivity index (χ4n) is 3.81. The molecule has 1 heterocycles. The summed E-state index contributed by atoms with van der Waals surface area (Å²) in [6, 6.07) is 14.9. The van der Waals surface area contributed by atoms with Crippen molar-refractivity contribution in [2.45, 2.75) is 38.0 Å². The van der Waals surface area contributed by atoms with Crippen LogP contribution in [0.5, 0.6) is 0 Å². The maximum Gasteiger partial charge on any atom is 0.416 e. The normalized spacial score (nSPS) is 20.7. The van der Waals surface area contributed by atoms with Crippen LogP contribution in [-0.2, 0) is 11.0 Å². The number of hydrogen-bond donors (Lipinski definition) is 1. The molecule has 28 heavy (non-hydrogen) atoms. The molecule has 7 heteroatoms. The Labute approximate surface area is 162 Å². The van der Waals surface area contributed by atoms with Crippen LogP contribution >= 0.6 is 0 Å². The molecular formula is C21H23F3N2O2. The molecule has 0 radical (unpaired) electrons. The Morgan fingerprint density at radius 2 is 1.71 bits per heavy atom. The smallest absolute Gasteiger partial charge is 0.416 e. The molecule has 0 spiro atoms. The van der Waals surface area contributed by atoms with Crippen molar-refractivity contribution in [2.24, 2.45) is 0 Å². The van der Waals surface area contributed by atoms with Crippen molar-refractivity contribution >= 4 is 17.3 Å². The van der Waals surface area contributed by atoms with Crippen molar-refractivity contribution in [3.05, 3.63) is 60.2 Å². The number of carbonyl (C=O) groups is 1. The van der Waals surface area contributed by atoms with Gasteiger partial charge in [0.05, 0.1) is 12.1 Å². The van der Waals surface area contributed by atoms with E-state index in [4.69, 9.17) is 5.11 Å². The molecule has 1 saturated heterocycles. The van der Waals surface area contributed by atoms with E-state index in [0.29, 0.717) is 12.2 Å². The van der Waals surface area contributed by atoms with Crippen LogP contribution < -0.4 is 4.90 Å². The lowest BCUT2D eigenvalue weighted by Gasteiger charge is -2.43. The van der Waals surface area contributed by atoms with Crippen LogP contribution in [-0.4, -0.2) is 41.1 Å². The minimum atomic E-state index is -4.37. The summed E-state index contributed by atoms with van der Waals surface area (Å²) in [4.78, 5) is 15.0. The van der Waals surface area contributed by atoms with Crippen LogP contribution in [0.25, 0.3) is 0 Å². The molecule has 0 bridgehead atoms. The zero-order valence-electron chi connectivity index (χ0n) is 15.6. The first-order valence-electron chi connectivity index (χ1n) is 9.23. The number of rotatable bonds is 5. The number of hydrogen-bond acceptors (Lipinski definition) is 3. The number of alkyl halides is 3. The van der Waals surface area contributed by atoms with Crippen LogP contribution in [0.2, 0.25) is 0 Å². The largest absolute Gasteiger partial charge is 0.480 e. The first-order valence-corrected chi connectivity index (χ1v) is 9.23. The second-order valence-corrected chi connectivity index (χ2v) is 7.14. The average molecular weight is 392 g/mol. The third-order valence-corrected chi connectivity index (χ3v) is 5.20. The molecule has 2 aromatic carbocycles. The summed E-state index contributed by atoms with van der Waals surface area (Å²) >= 11 is 0. The van der Waals surface area contributed by atoms with Gasteiger partial charge in [0.2, 0.25) is 0 Å². The monoisotopic (exact) mass is 392 g/mol. The van der Waals surface area contributed by atoms with Crippen LogP contribution in [0.15, 0.2) is 54.6 Å². The molecule has 4 nitrogen and oxygen atoms in total. The summed E-state index contributed by atoms with van der Waals surface area (Å²) < 4.78 is 38.8. The van der Waals surface area contributed by atoms with E-state index in [1.54, 1.807) is 0 Å². The Hall–Kier alpha value is -2.54. The molecule has 0 saturated carbocycles. The number of aliphatic carboxylic acids is 1. The third-order valence-electron chi connectivity index (χ3n) is 5.20. The molecule has 2 atom stereocenters. The van der Waals surface area contributed by atoms with Crippen molar-refractivity contribution in [2.75, 3.05) is 18.0 Å². The second-order valence-electron chi connectivity index (χ2n) is 7.14. The quantitative estimate of drug-likeness (QED) is 0.795. The van der Waals surface area contributed by atoms with Gasteiger partial charge in [-0.1, -0.05) is 18.2 Å². The Kier molecular flexibility index (Phi) is 5.93. The van der Waals surface area contributed by atoms with Gasteiger partial charge < -0.3 is 10.0 Å². The standard InChI is InChI=1S/C21H23F3N2O2/c1-15-13-19(11-12-25(15)14-20(27)28)26(17-5-3-2-4-6-17)18-9-7-16(8-10-18)21(22,23)24/h2-10,15,19H,11-14H2,1H3,(H,27,28). The molecule has 150 valence electrons. The van der Waals surface area contributed by atoms with Crippen molar-refractivity contribution in [1.82, 2.24) is 4.90 Å². The van der Waals surface area contributed by atoms with E-state index < -0.39 is 17.7 Å². The first-order chi connectivity index (χ1) is 13.3. The lowest BCUT2D eigenvalue weighted by Crippen LogP contribution is -2.49. The lowest BCUT2D eigenvalue weighted by molar-refractivity contribution is -0.139. The van der Waals surface area contributed by atoms with Crippen molar-refractivity contribution < 1.29 is 23.1 Å². The molecule has 3 rings (SSSR count). The van der Waals surface area contributed by atoms with E-state index in [2.05, 4.69) is 4.90 Å². The van der Waals surface area contributed by atoms with Gasteiger partial charge in [0.15, 0.2) is 0 Å². The number of piperidine rings is 1. The molecule has 0 amide bonds. The number of para-hydroxylation sites is 1. The Morgan fingerprint density at radius 3 is 2.25 bits per heavy atom. The molecule has 1 aliphatic heterocycles. The summed E-state index contributed by atoms with van der Waals surface area (Å²) in [6.07, 6.45) is -2.91. The lowest BCUT2D eigenvalue weighted by atomic mass is 9.95. The predicted molar refractivity (Wildman–Crippen MR) is 102 cm³/mol.